The van der Waals surface area contributed by atoms with E-state index in [1.165, 1.54) is 11.3 Å². The molecule has 3 heterocycles. The summed E-state index contributed by atoms with van der Waals surface area (Å²) < 4.78 is 7.21. The summed E-state index contributed by atoms with van der Waals surface area (Å²) in [5.41, 5.74) is 3.02. The fourth-order valence-corrected chi connectivity index (χ4v) is 4.87. The first-order valence-electron chi connectivity index (χ1n) is 11.4. The lowest BCUT2D eigenvalue weighted by Gasteiger charge is -2.08. The van der Waals surface area contributed by atoms with Gasteiger partial charge in [0.05, 0.1) is 5.56 Å². The van der Waals surface area contributed by atoms with Gasteiger partial charge in [-0.05, 0) is 42.0 Å². The van der Waals surface area contributed by atoms with Crippen LogP contribution in [-0.2, 0) is 6.42 Å². The predicted octanol–water partition coefficient (Wildman–Crippen LogP) is 5.44. The number of aryl methyl sites for hydroxylation is 1. The van der Waals surface area contributed by atoms with E-state index >= 15 is 0 Å². The highest BCUT2D eigenvalue weighted by atomic mass is 32.1. The highest BCUT2D eigenvalue weighted by molar-refractivity contribution is 7.19. The number of carbonyl (C=O) groups excluding carboxylic acids is 1. The molecular formula is C27H19N5O3S. The third-order valence-corrected chi connectivity index (χ3v) is 6.76. The van der Waals surface area contributed by atoms with E-state index in [-0.39, 0.29) is 5.91 Å². The van der Waals surface area contributed by atoms with Gasteiger partial charge >= 0.3 is 5.63 Å². The molecule has 8 nitrogen and oxygen atoms in total. The summed E-state index contributed by atoms with van der Waals surface area (Å²) >= 11 is 1.44. The monoisotopic (exact) mass is 493 g/mol. The van der Waals surface area contributed by atoms with Gasteiger partial charge in [0, 0.05) is 28.6 Å². The molecule has 176 valence electrons. The second-order valence-electron chi connectivity index (χ2n) is 8.17. The van der Waals surface area contributed by atoms with Crippen molar-refractivity contribution in [1.29, 1.82) is 0 Å². The lowest BCUT2D eigenvalue weighted by molar-refractivity contribution is 0.102. The second kappa shape index (κ2) is 8.86. The predicted molar refractivity (Wildman–Crippen MR) is 139 cm³/mol. The zero-order valence-corrected chi connectivity index (χ0v) is 20.0. The molecule has 6 aromatic rings. The Morgan fingerprint density at radius 1 is 0.972 bits per heavy atom. The van der Waals surface area contributed by atoms with E-state index in [2.05, 4.69) is 20.6 Å². The van der Waals surface area contributed by atoms with Crippen molar-refractivity contribution in [1.82, 2.24) is 19.8 Å². The highest BCUT2D eigenvalue weighted by Gasteiger charge is 2.14. The van der Waals surface area contributed by atoms with Crippen molar-refractivity contribution >= 4 is 38.9 Å². The zero-order chi connectivity index (χ0) is 24.6. The molecule has 0 atom stereocenters. The number of anilines is 1. The van der Waals surface area contributed by atoms with Gasteiger partial charge in [-0.3, -0.25) is 4.79 Å². The molecule has 0 aliphatic heterocycles. The van der Waals surface area contributed by atoms with Gasteiger partial charge in [0.1, 0.15) is 10.6 Å². The van der Waals surface area contributed by atoms with Crippen molar-refractivity contribution in [2.45, 2.75) is 13.3 Å². The van der Waals surface area contributed by atoms with Crippen LogP contribution in [-0.4, -0.2) is 25.7 Å². The molecule has 1 N–H and O–H groups in total. The fourth-order valence-electron chi connectivity index (χ4n) is 4.02. The minimum absolute atomic E-state index is 0.286. The lowest BCUT2D eigenvalue weighted by atomic mass is 10.0. The summed E-state index contributed by atoms with van der Waals surface area (Å²) in [7, 11) is 0. The molecule has 0 bridgehead atoms. The Morgan fingerprint density at radius 2 is 1.81 bits per heavy atom. The molecule has 0 radical (unpaired) electrons. The lowest BCUT2D eigenvalue weighted by Crippen LogP contribution is -2.12. The van der Waals surface area contributed by atoms with Crippen molar-refractivity contribution in [2.75, 3.05) is 5.32 Å². The number of para-hydroxylation sites is 1. The van der Waals surface area contributed by atoms with Crippen LogP contribution in [0.5, 0.6) is 0 Å². The van der Waals surface area contributed by atoms with E-state index in [0.717, 1.165) is 33.2 Å². The van der Waals surface area contributed by atoms with Gasteiger partial charge in [0.25, 0.3) is 5.91 Å². The van der Waals surface area contributed by atoms with Gasteiger partial charge in [0.2, 0.25) is 4.96 Å². The van der Waals surface area contributed by atoms with Crippen LogP contribution in [0, 0.1) is 0 Å². The highest BCUT2D eigenvalue weighted by Crippen LogP contribution is 2.28. The van der Waals surface area contributed by atoms with E-state index in [9.17, 15) is 9.59 Å². The average Bonchev–Trinajstić information content (AvgIpc) is 3.49. The summed E-state index contributed by atoms with van der Waals surface area (Å²) in [4.78, 5) is 26.4. The number of carbonyl (C=O) groups is 1. The number of nitrogens with zero attached hydrogens (tertiary/aromatic N) is 4. The molecule has 3 aromatic heterocycles. The molecule has 0 aliphatic rings. The van der Waals surface area contributed by atoms with Crippen LogP contribution in [0.2, 0.25) is 0 Å². The van der Waals surface area contributed by atoms with Crippen LogP contribution >= 0.6 is 11.3 Å². The van der Waals surface area contributed by atoms with Gasteiger partial charge in [-0.2, -0.15) is 9.61 Å². The third-order valence-electron chi connectivity index (χ3n) is 5.82. The van der Waals surface area contributed by atoms with Gasteiger partial charge in [0.15, 0.2) is 5.82 Å². The number of rotatable bonds is 5. The van der Waals surface area contributed by atoms with Crippen molar-refractivity contribution in [3.63, 3.8) is 0 Å². The first kappa shape index (κ1) is 21.9. The van der Waals surface area contributed by atoms with Crippen LogP contribution in [0.3, 0.4) is 0 Å². The topological polar surface area (TPSA) is 102 Å². The molecule has 0 saturated carbocycles. The summed E-state index contributed by atoms with van der Waals surface area (Å²) in [5.74, 6) is 0.517. The van der Waals surface area contributed by atoms with Gasteiger partial charge in [-0.15, -0.1) is 10.2 Å². The van der Waals surface area contributed by atoms with E-state index < -0.39 is 5.63 Å². The maximum absolute atomic E-state index is 13.1. The Morgan fingerprint density at radius 3 is 2.69 bits per heavy atom. The third kappa shape index (κ3) is 3.95. The number of nitrogens with one attached hydrogen (secondary N) is 1. The number of fused-ring (bicyclic) bond motifs is 2. The van der Waals surface area contributed by atoms with Crippen LogP contribution in [0.25, 0.3) is 37.6 Å². The van der Waals surface area contributed by atoms with Gasteiger partial charge < -0.3 is 9.73 Å². The minimum Gasteiger partial charge on any atom is -0.422 e. The van der Waals surface area contributed by atoms with Crippen molar-refractivity contribution in [2.24, 2.45) is 0 Å². The first-order valence-corrected chi connectivity index (χ1v) is 12.2. The molecule has 0 aliphatic carbocycles. The molecule has 6 rings (SSSR count). The number of benzene rings is 3. The van der Waals surface area contributed by atoms with Crippen molar-refractivity contribution in [3.05, 3.63) is 101 Å². The Kier molecular flexibility index (Phi) is 5.38. The summed E-state index contributed by atoms with van der Waals surface area (Å²) in [6, 6.07) is 23.5. The fraction of sp³-hybridized carbons (Fsp3) is 0.0741. The maximum Gasteiger partial charge on any atom is 0.344 e. The molecule has 0 spiro atoms. The standard InChI is InChI=1S/C27H19N5O3S/c1-2-23-29-30-27-32(23)31-25(36-27)19-10-6-11-20(14-19)28-24(33)18-9-5-8-16(13-18)21-15-17-7-3-4-12-22(17)35-26(21)34/h3-15H,2H2,1H3,(H,28,33). The normalized spacial score (nSPS) is 11.2. The zero-order valence-electron chi connectivity index (χ0n) is 19.1. The smallest absolute Gasteiger partial charge is 0.344 e. The molecule has 0 saturated heterocycles. The van der Waals surface area contributed by atoms with E-state index in [1.807, 2.05) is 49.4 Å². The second-order valence-corrected chi connectivity index (χ2v) is 9.13. The molecular weight excluding hydrogens is 474 g/mol. The van der Waals surface area contributed by atoms with Crippen molar-refractivity contribution < 1.29 is 9.21 Å². The van der Waals surface area contributed by atoms with Crippen LogP contribution < -0.4 is 10.9 Å². The van der Waals surface area contributed by atoms with Crippen LogP contribution in [0.4, 0.5) is 5.69 Å². The quantitative estimate of drug-likeness (QED) is 0.321. The number of amides is 1. The molecule has 1 amide bonds. The summed E-state index contributed by atoms with van der Waals surface area (Å²) in [6.07, 6.45) is 0.737. The summed E-state index contributed by atoms with van der Waals surface area (Å²) in [5, 5.41) is 17.5. The van der Waals surface area contributed by atoms with Gasteiger partial charge in [-0.1, -0.05) is 60.7 Å². The van der Waals surface area contributed by atoms with E-state index in [4.69, 9.17) is 4.42 Å². The Hall–Kier alpha value is -4.63. The molecule has 9 heteroatoms. The number of aromatic nitrogens is 4. The van der Waals surface area contributed by atoms with Crippen molar-refractivity contribution in [3.8, 4) is 21.7 Å². The number of hydrogen-bond acceptors (Lipinski definition) is 7. The van der Waals surface area contributed by atoms with E-state index in [0.29, 0.717) is 28.0 Å². The SMILES string of the molecule is CCc1nnc2sc(-c3cccc(NC(=O)c4cccc(-c5cc6ccccc6oc5=O)c4)c3)nn12. The Labute approximate surface area is 208 Å². The first-order chi connectivity index (χ1) is 17.6. The molecule has 36 heavy (non-hydrogen) atoms. The largest absolute Gasteiger partial charge is 0.422 e. The summed E-state index contributed by atoms with van der Waals surface area (Å²) in [6.45, 7) is 2.01. The maximum atomic E-state index is 13.1. The van der Waals surface area contributed by atoms with Crippen LogP contribution in [0.1, 0.15) is 23.1 Å². The Balaban J connectivity index is 1.28. The molecule has 0 unspecified atom stereocenters. The number of hydrogen-bond donors (Lipinski definition) is 1. The molecule has 3 aromatic carbocycles. The van der Waals surface area contributed by atoms with Crippen LogP contribution in [0.15, 0.2) is 88.1 Å². The Bertz CT molecular complexity index is 1820. The van der Waals surface area contributed by atoms with E-state index in [1.54, 1.807) is 40.9 Å². The average molecular weight is 494 g/mol. The minimum atomic E-state index is -0.449. The molecule has 0 fully saturated rings. The van der Waals surface area contributed by atoms with Gasteiger partial charge in [-0.25, -0.2) is 4.79 Å².